The number of anilines is 2. The van der Waals surface area contributed by atoms with Gasteiger partial charge < -0.3 is 25.2 Å². The number of hydrogen-bond acceptors (Lipinski definition) is 6. The Morgan fingerprint density at radius 3 is 2.46 bits per heavy atom. The summed E-state index contributed by atoms with van der Waals surface area (Å²) in [5.41, 5.74) is 8.50. The molecule has 0 saturated heterocycles. The monoisotopic (exact) mass is 495 g/mol. The van der Waals surface area contributed by atoms with Gasteiger partial charge in [-0.15, -0.1) is 0 Å². The van der Waals surface area contributed by atoms with E-state index in [1.54, 1.807) is 0 Å². The summed E-state index contributed by atoms with van der Waals surface area (Å²) >= 11 is 0. The third-order valence-corrected chi connectivity index (χ3v) is 6.36. The van der Waals surface area contributed by atoms with E-state index in [0.717, 1.165) is 44.5 Å². The summed E-state index contributed by atoms with van der Waals surface area (Å²) in [7, 11) is 0. The summed E-state index contributed by atoms with van der Waals surface area (Å²) < 4.78 is 5.50. The molecular formula is C29H29N5O3. The highest BCUT2D eigenvalue weighted by molar-refractivity contribution is 5.79. The Labute approximate surface area is 214 Å². The van der Waals surface area contributed by atoms with Gasteiger partial charge in [-0.3, -0.25) is 0 Å². The largest absolute Gasteiger partial charge is 0.480 e. The number of para-hydroxylation sites is 2. The third-order valence-electron chi connectivity index (χ3n) is 6.36. The van der Waals surface area contributed by atoms with Gasteiger partial charge in [-0.25, -0.2) is 9.78 Å². The Bertz CT molecular complexity index is 1500. The first-order chi connectivity index (χ1) is 17.9. The standard InChI is InChI=1S/C29H29N5O3/c1-17-12-18(2)27(19(3)13-17)31-26(28(35)36)14-20-8-10-21(11-9-20)25-15-22(37-34-25)16-30-29-32-23-6-4-5-7-24(23)33-29/h4-13,15,26,31H,14,16H2,1-3H3,(H,35,36)(H2,30,32,33). The van der Waals surface area contributed by atoms with Crippen LogP contribution in [0.4, 0.5) is 11.6 Å². The zero-order valence-electron chi connectivity index (χ0n) is 21.0. The molecule has 0 aliphatic heterocycles. The Morgan fingerprint density at radius 1 is 1.03 bits per heavy atom. The first kappa shape index (κ1) is 24.1. The van der Waals surface area contributed by atoms with Crippen LogP contribution < -0.4 is 10.6 Å². The second kappa shape index (κ2) is 10.2. The van der Waals surface area contributed by atoms with Crippen LogP contribution in [0.5, 0.6) is 0 Å². The zero-order chi connectivity index (χ0) is 25.9. The SMILES string of the molecule is Cc1cc(C)c(NC(Cc2ccc(-c3cc(CNc4nc5ccccc5[nH]4)on3)cc2)C(=O)O)c(C)c1. The molecule has 0 aliphatic rings. The van der Waals surface area contributed by atoms with E-state index in [9.17, 15) is 9.90 Å². The molecule has 37 heavy (non-hydrogen) atoms. The Morgan fingerprint density at radius 2 is 1.76 bits per heavy atom. The topological polar surface area (TPSA) is 116 Å². The first-order valence-corrected chi connectivity index (χ1v) is 12.2. The van der Waals surface area contributed by atoms with E-state index in [0.29, 0.717) is 30.4 Å². The van der Waals surface area contributed by atoms with Crippen molar-refractivity contribution < 1.29 is 14.4 Å². The van der Waals surface area contributed by atoms with E-state index >= 15 is 0 Å². The number of hydrogen-bond donors (Lipinski definition) is 4. The Kier molecular flexibility index (Phi) is 6.64. The normalized spacial score (nSPS) is 12.0. The van der Waals surface area contributed by atoms with Gasteiger partial charge in [0.25, 0.3) is 0 Å². The van der Waals surface area contributed by atoms with Crippen molar-refractivity contribution in [2.24, 2.45) is 0 Å². The number of aryl methyl sites for hydroxylation is 3. The fraction of sp³-hybridized carbons (Fsp3) is 0.207. The number of benzene rings is 3. The van der Waals surface area contributed by atoms with Crippen molar-refractivity contribution in [3.63, 3.8) is 0 Å². The van der Waals surface area contributed by atoms with E-state index in [1.807, 2.05) is 75.4 Å². The van der Waals surface area contributed by atoms with Gasteiger partial charge in [0.05, 0.1) is 17.6 Å². The van der Waals surface area contributed by atoms with Crippen LogP contribution in [0.2, 0.25) is 0 Å². The van der Waals surface area contributed by atoms with E-state index in [2.05, 4.69) is 37.9 Å². The molecular weight excluding hydrogens is 466 g/mol. The highest BCUT2D eigenvalue weighted by Gasteiger charge is 2.20. The van der Waals surface area contributed by atoms with E-state index in [-0.39, 0.29) is 0 Å². The van der Waals surface area contributed by atoms with Crippen LogP contribution in [0.25, 0.3) is 22.3 Å². The van der Waals surface area contributed by atoms with Gasteiger partial charge in [-0.05, 0) is 49.6 Å². The number of aromatic amines is 1. The van der Waals surface area contributed by atoms with Crippen molar-refractivity contribution in [3.8, 4) is 11.3 Å². The van der Waals surface area contributed by atoms with E-state index in [4.69, 9.17) is 4.52 Å². The van der Waals surface area contributed by atoms with Crippen molar-refractivity contribution in [2.75, 3.05) is 10.6 Å². The van der Waals surface area contributed by atoms with Gasteiger partial charge in [0.15, 0.2) is 5.76 Å². The van der Waals surface area contributed by atoms with Crippen LogP contribution >= 0.6 is 0 Å². The summed E-state index contributed by atoms with van der Waals surface area (Å²) in [5, 5.41) is 20.5. The van der Waals surface area contributed by atoms with Crippen LogP contribution in [0.1, 0.15) is 28.0 Å². The summed E-state index contributed by atoms with van der Waals surface area (Å²) in [6, 6.07) is 20.8. The molecule has 188 valence electrons. The molecule has 0 saturated carbocycles. The molecule has 4 N–H and O–H groups in total. The minimum atomic E-state index is -0.887. The molecule has 2 heterocycles. The number of carboxylic acid groups (broad SMARTS) is 1. The number of fused-ring (bicyclic) bond motifs is 1. The van der Waals surface area contributed by atoms with Crippen LogP contribution in [0.3, 0.4) is 0 Å². The van der Waals surface area contributed by atoms with Gasteiger partial charge >= 0.3 is 5.97 Å². The molecule has 2 aromatic heterocycles. The lowest BCUT2D eigenvalue weighted by atomic mass is 10.0. The van der Waals surface area contributed by atoms with E-state index < -0.39 is 12.0 Å². The van der Waals surface area contributed by atoms with Gasteiger partial charge in [-0.2, -0.15) is 0 Å². The van der Waals surface area contributed by atoms with Crippen molar-refractivity contribution in [3.05, 3.63) is 94.7 Å². The maximum atomic E-state index is 12.0. The number of nitrogens with zero attached hydrogens (tertiary/aromatic N) is 2. The smallest absolute Gasteiger partial charge is 0.326 e. The second-order valence-electron chi connectivity index (χ2n) is 9.34. The first-order valence-electron chi connectivity index (χ1n) is 12.2. The lowest BCUT2D eigenvalue weighted by molar-refractivity contribution is -0.137. The molecule has 0 bridgehead atoms. The molecule has 0 fully saturated rings. The molecule has 8 heteroatoms. The molecule has 1 atom stereocenters. The number of aromatic nitrogens is 3. The lowest BCUT2D eigenvalue weighted by Gasteiger charge is -2.20. The van der Waals surface area contributed by atoms with Crippen LogP contribution in [0.15, 0.2) is 71.3 Å². The maximum Gasteiger partial charge on any atom is 0.326 e. The Balaban J connectivity index is 1.23. The summed E-state index contributed by atoms with van der Waals surface area (Å²) in [4.78, 5) is 19.7. The summed E-state index contributed by atoms with van der Waals surface area (Å²) in [5.74, 6) is 0.459. The van der Waals surface area contributed by atoms with Crippen molar-refractivity contribution >= 4 is 28.6 Å². The quantitative estimate of drug-likeness (QED) is 0.202. The number of imidazole rings is 1. The van der Waals surface area contributed by atoms with Crippen molar-refractivity contribution in [1.82, 2.24) is 15.1 Å². The number of carboxylic acids is 1. The molecule has 8 nitrogen and oxygen atoms in total. The lowest BCUT2D eigenvalue weighted by Crippen LogP contribution is -2.32. The molecule has 5 rings (SSSR count). The number of rotatable bonds is 9. The molecule has 0 radical (unpaired) electrons. The predicted molar refractivity (Wildman–Crippen MR) is 145 cm³/mol. The summed E-state index contributed by atoms with van der Waals surface area (Å²) in [6.07, 6.45) is 0.355. The summed E-state index contributed by atoms with van der Waals surface area (Å²) in [6.45, 7) is 6.46. The number of H-pyrrole nitrogens is 1. The Hall–Kier alpha value is -4.59. The number of aliphatic carboxylic acids is 1. The van der Waals surface area contributed by atoms with Gasteiger partial charge in [-0.1, -0.05) is 59.3 Å². The molecule has 3 aromatic carbocycles. The molecule has 0 spiro atoms. The number of nitrogens with one attached hydrogen (secondary N) is 3. The molecule has 0 amide bonds. The fourth-order valence-corrected chi connectivity index (χ4v) is 4.57. The third kappa shape index (κ3) is 5.48. The minimum absolute atomic E-state index is 0.355. The van der Waals surface area contributed by atoms with Gasteiger partial charge in [0.1, 0.15) is 11.7 Å². The molecule has 1 unspecified atom stereocenters. The highest BCUT2D eigenvalue weighted by Crippen LogP contribution is 2.25. The van der Waals surface area contributed by atoms with E-state index in [1.165, 1.54) is 0 Å². The second-order valence-corrected chi connectivity index (χ2v) is 9.34. The highest BCUT2D eigenvalue weighted by atomic mass is 16.5. The molecule has 5 aromatic rings. The van der Waals surface area contributed by atoms with Crippen molar-refractivity contribution in [1.29, 1.82) is 0 Å². The minimum Gasteiger partial charge on any atom is -0.480 e. The van der Waals surface area contributed by atoms with Crippen LogP contribution in [-0.4, -0.2) is 32.2 Å². The average Bonchev–Trinajstić information content (AvgIpc) is 3.51. The predicted octanol–water partition coefficient (Wildman–Crippen LogP) is 5.86. The fourth-order valence-electron chi connectivity index (χ4n) is 4.57. The maximum absolute atomic E-state index is 12.0. The van der Waals surface area contributed by atoms with Gasteiger partial charge in [0.2, 0.25) is 5.95 Å². The molecule has 0 aliphatic carbocycles. The van der Waals surface area contributed by atoms with Crippen molar-refractivity contribution in [2.45, 2.75) is 39.8 Å². The average molecular weight is 496 g/mol. The zero-order valence-corrected chi connectivity index (χ0v) is 21.0. The number of carbonyl (C=O) groups is 1. The van der Waals surface area contributed by atoms with Gasteiger partial charge in [0, 0.05) is 23.7 Å². The van der Waals surface area contributed by atoms with Crippen LogP contribution in [0, 0.1) is 20.8 Å². The van der Waals surface area contributed by atoms with Crippen LogP contribution in [-0.2, 0) is 17.8 Å².